The first kappa shape index (κ1) is 13.1. The van der Waals surface area contributed by atoms with Crippen molar-refractivity contribution in [2.45, 2.75) is 19.4 Å². The molecule has 0 unspecified atom stereocenters. The third-order valence-corrected chi connectivity index (χ3v) is 4.21. The van der Waals surface area contributed by atoms with Crippen LogP contribution in [0.1, 0.15) is 17.8 Å². The van der Waals surface area contributed by atoms with Crippen LogP contribution in [0.25, 0.3) is 10.9 Å². The van der Waals surface area contributed by atoms with Crippen LogP contribution < -0.4 is 10.5 Å². The van der Waals surface area contributed by atoms with E-state index in [1.54, 1.807) is 6.07 Å². The quantitative estimate of drug-likeness (QED) is 0.790. The second kappa shape index (κ2) is 5.30. The lowest BCUT2D eigenvalue weighted by molar-refractivity contribution is 0.674. The van der Waals surface area contributed by atoms with Crippen LogP contribution >= 0.6 is 0 Å². The van der Waals surface area contributed by atoms with Crippen LogP contribution in [-0.4, -0.2) is 16.5 Å². The highest BCUT2D eigenvalue weighted by atomic mass is 16.1. The number of benzene rings is 2. The van der Waals surface area contributed by atoms with Gasteiger partial charge in [0.05, 0.1) is 17.4 Å². The van der Waals surface area contributed by atoms with Gasteiger partial charge >= 0.3 is 0 Å². The van der Waals surface area contributed by atoms with E-state index in [0.29, 0.717) is 11.9 Å². The van der Waals surface area contributed by atoms with Gasteiger partial charge in [-0.25, -0.2) is 4.98 Å². The molecule has 0 fully saturated rings. The summed E-state index contributed by atoms with van der Waals surface area (Å²) in [5.74, 6) is 0.723. The molecule has 2 aromatic carbocycles. The topological polar surface area (TPSA) is 49.0 Å². The van der Waals surface area contributed by atoms with Crippen LogP contribution in [-0.2, 0) is 13.0 Å². The Kier molecular flexibility index (Phi) is 3.15. The molecule has 0 spiro atoms. The lowest BCUT2D eigenvalue weighted by atomic mass is 10.0. The fourth-order valence-electron chi connectivity index (χ4n) is 3.17. The number of hydrogen-bond donors (Lipinski definition) is 1. The number of H-pyrrole nitrogens is 1. The number of anilines is 1. The molecule has 2 heterocycles. The molecule has 0 saturated carbocycles. The van der Waals surface area contributed by atoms with Gasteiger partial charge in [0.1, 0.15) is 5.82 Å². The summed E-state index contributed by atoms with van der Waals surface area (Å²) < 4.78 is 0. The van der Waals surface area contributed by atoms with Crippen molar-refractivity contribution in [3.63, 3.8) is 0 Å². The van der Waals surface area contributed by atoms with E-state index in [0.717, 1.165) is 30.7 Å². The SMILES string of the molecule is O=c1[nH]c(CN2CCCc3ccccc32)nc2ccccc12. The molecule has 0 amide bonds. The second-order valence-corrected chi connectivity index (χ2v) is 5.68. The summed E-state index contributed by atoms with van der Waals surface area (Å²) >= 11 is 0. The van der Waals surface area contributed by atoms with E-state index in [4.69, 9.17) is 0 Å². The van der Waals surface area contributed by atoms with E-state index in [9.17, 15) is 4.79 Å². The summed E-state index contributed by atoms with van der Waals surface area (Å²) in [4.78, 5) is 22.0. The summed E-state index contributed by atoms with van der Waals surface area (Å²) in [5, 5.41) is 0.644. The highest BCUT2D eigenvalue weighted by Crippen LogP contribution is 2.27. The number of fused-ring (bicyclic) bond motifs is 2. The number of nitrogens with one attached hydrogen (secondary N) is 1. The molecule has 0 aliphatic carbocycles. The Hall–Kier alpha value is -2.62. The lowest BCUT2D eigenvalue weighted by Gasteiger charge is -2.30. The summed E-state index contributed by atoms with van der Waals surface area (Å²) in [7, 11) is 0. The molecule has 0 atom stereocenters. The molecule has 1 aromatic heterocycles. The second-order valence-electron chi connectivity index (χ2n) is 5.68. The third-order valence-electron chi connectivity index (χ3n) is 4.21. The molecule has 1 aliphatic heterocycles. The molecule has 4 heteroatoms. The monoisotopic (exact) mass is 291 g/mol. The molecule has 0 bridgehead atoms. The maximum Gasteiger partial charge on any atom is 0.258 e. The Morgan fingerprint density at radius 2 is 1.91 bits per heavy atom. The first-order chi connectivity index (χ1) is 10.8. The van der Waals surface area contributed by atoms with Gasteiger partial charge in [-0.2, -0.15) is 0 Å². The van der Waals surface area contributed by atoms with Crippen LogP contribution in [0.3, 0.4) is 0 Å². The van der Waals surface area contributed by atoms with Gasteiger partial charge in [0.2, 0.25) is 0 Å². The van der Waals surface area contributed by atoms with Gasteiger partial charge in [-0.15, -0.1) is 0 Å². The van der Waals surface area contributed by atoms with Crippen LogP contribution in [0.4, 0.5) is 5.69 Å². The molecular formula is C18H17N3O. The number of aromatic nitrogens is 2. The van der Waals surface area contributed by atoms with Gasteiger partial charge in [-0.1, -0.05) is 30.3 Å². The van der Waals surface area contributed by atoms with Crippen molar-refractivity contribution >= 4 is 16.6 Å². The van der Waals surface area contributed by atoms with Gasteiger partial charge in [0.25, 0.3) is 5.56 Å². The molecule has 22 heavy (non-hydrogen) atoms. The molecule has 3 aromatic rings. The highest BCUT2D eigenvalue weighted by molar-refractivity contribution is 5.77. The van der Waals surface area contributed by atoms with Gasteiger partial charge in [0, 0.05) is 12.2 Å². The minimum atomic E-state index is -0.0640. The third kappa shape index (κ3) is 2.26. The first-order valence-electron chi connectivity index (χ1n) is 7.62. The Morgan fingerprint density at radius 3 is 2.86 bits per heavy atom. The molecule has 4 nitrogen and oxygen atoms in total. The van der Waals surface area contributed by atoms with Crippen molar-refractivity contribution in [2.75, 3.05) is 11.4 Å². The molecule has 0 saturated heterocycles. The van der Waals surface area contributed by atoms with Gasteiger partial charge < -0.3 is 9.88 Å². The molecule has 110 valence electrons. The lowest BCUT2D eigenvalue weighted by Crippen LogP contribution is -2.30. The minimum Gasteiger partial charge on any atom is -0.364 e. The summed E-state index contributed by atoms with van der Waals surface area (Å²) in [5.41, 5.74) is 3.32. The number of nitrogens with zero attached hydrogens (tertiary/aromatic N) is 2. The molecule has 1 N–H and O–H groups in total. The highest BCUT2D eigenvalue weighted by Gasteiger charge is 2.17. The smallest absolute Gasteiger partial charge is 0.258 e. The van der Waals surface area contributed by atoms with Crippen LogP contribution in [0.15, 0.2) is 53.3 Å². The van der Waals surface area contributed by atoms with Gasteiger partial charge in [-0.05, 0) is 36.6 Å². The summed E-state index contributed by atoms with van der Waals surface area (Å²) in [6.45, 7) is 1.63. The summed E-state index contributed by atoms with van der Waals surface area (Å²) in [6.07, 6.45) is 2.25. The Morgan fingerprint density at radius 1 is 1.09 bits per heavy atom. The van der Waals surface area contributed by atoms with Crippen molar-refractivity contribution in [3.8, 4) is 0 Å². The number of hydrogen-bond acceptors (Lipinski definition) is 3. The van der Waals surface area contributed by atoms with E-state index in [1.165, 1.54) is 11.3 Å². The zero-order chi connectivity index (χ0) is 14.9. The fourth-order valence-corrected chi connectivity index (χ4v) is 3.17. The molecule has 0 radical (unpaired) electrons. The van der Waals surface area contributed by atoms with Crippen molar-refractivity contribution < 1.29 is 0 Å². The van der Waals surface area contributed by atoms with Gasteiger partial charge in [-0.3, -0.25) is 4.79 Å². The Balaban J connectivity index is 1.72. The van der Waals surface area contributed by atoms with Crippen LogP contribution in [0.2, 0.25) is 0 Å². The van der Waals surface area contributed by atoms with E-state index in [2.05, 4.69) is 39.1 Å². The van der Waals surface area contributed by atoms with Gasteiger partial charge in [0.15, 0.2) is 0 Å². The van der Waals surface area contributed by atoms with E-state index in [-0.39, 0.29) is 5.56 Å². The number of rotatable bonds is 2. The number of aromatic amines is 1. The average molecular weight is 291 g/mol. The first-order valence-corrected chi connectivity index (χ1v) is 7.62. The van der Waals surface area contributed by atoms with Crippen LogP contribution in [0.5, 0.6) is 0 Å². The standard InChI is InChI=1S/C18H17N3O/c22-18-14-8-2-3-9-15(14)19-17(20-18)12-21-11-5-7-13-6-1-4-10-16(13)21/h1-4,6,8-10H,5,7,11-12H2,(H,19,20,22). The fraction of sp³-hybridized carbons (Fsp3) is 0.222. The average Bonchev–Trinajstić information content (AvgIpc) is 2.55. The predicted octanol–water partition coefficient (Wildman–Crippen LogP) is 2.88. The minimum absolute atomic E-state index is 0.0640. The summed E-state index contributed by atoms with van der Waals surface area (Å²) in [6, 6.07) is 15.9. The van der Waals surface area contributed by atoms with Crippen molar-refractivity contribution in [3.05, 3.63) is 70.3 Å². The zero-order valence-electron chi connectivity index (χ0n) is 12.2. The maximum atomic E-state index is 12.2. The predicted molar refractivity (Wildman–Crippen MR) is 88.2 cm³/mol. The molecule has 4 rings (SSSR count). The Bertz CT molecular complexity index is 885. The normalized spacial score (nSPS) is 14.1. The number of para-hydroxylation sites is 2. The Labute approximate surface area is 128 Å². The molecule has 1 aliphatic rings. The van der Waals surface area contributed by atoms with Crippen molar-refractivity contribution in [1.29, 1.82) is 0 Å². The zero-order valence-corrected chi connectivity index (χ0v) is 12.2. The van der Waals surface area contributed by atoms with Crippen molar-refractivity contribution in [2.24, 2.45) is 0 Å². The largest absolute Gasteiger partial charge is 0.364 e. The van der Waals surface area contributed by atoms with Crippen molar-refractivity contribution in [1.82, 2.24) is 9.97 Å². The van der Waals surface area contributed by atoms with E-state index in [1.807, 2.05) is 18.2 Å². The van der Waals surface area contributed by atoms with E-state index < -0.39 is 0 Å². The molecular weight excluding hydrogens is 274 g/mol. The number of aryl methyl sites for hydroxylation is 1. The maximum absolute atomic E-state index is 12.2. The van der Waals surface area contributed by atoms with E-state index >= 15 is 0 Å². The van der Waals surface area contributed by atoms with Crippen LogP contribution in [0, 0.1) is 0 Å².